The van der Waals surface area contributed by atoms with Crippen LogP contribution in [-0.4, -0.2) is 29.6 Å². The van der Waals surface area contributed by atoms with Crippen molar-refractivity contribution in [3.8, 4) is 0 Å². The Morgan fingerprint density at radius 1 is 1.62 bits per heavy atom. The number of nitrogens with two attached hydrogens (primary N) is 1. The van der Waals surface area contributed by atoms with Crippen LogP contribution in [0, 0.1) is 12.8 Å². The predicted octanol–water partition coefficient (Wildman–Crippen LogP) is 0.499. The van der Waals surface area contributed by atoms with Crippen molar-refractivity contribution in [2.45, 2.75) is 20.8 Å². The Bertz CT molecular complexity index is 388. The summed E-state index contributed by atoms with van der Waals surface area (Å²) in [5.74, 6) is 1.76. The van der Waals surface area contributed by atoms with Crippen molar-refractivity contribution in [1.29, 1.82) is 0 Å². The molecule has 0 aliphatic rings. The fourth-order valence-electron chi connectivity index (χ4n) is 1.56. The van der Waals surface area contributed by atoms with Gasteiger partial charge in [-0.15, -0.1) is 0 Å². The molecule has 5 nitrogen and oxygen atoms in total. The number of rotatable bonds is 5. The van der Waals surface area contributed by atoms with Crippen LogP contribution in [0.15, 0.2) is 10.9 Å². The Balaban J connectivity index is 2.90. The summed E-state index contributed by atoms with van der Waals surface area (Å²) in [4.78, 5) is 20.4. The SMILES string of the molecule is CCN(CC(C)CN)c1cc(=O)[nH]c(C)n1. The molecule has 1 atom stereocenters. The first kappa shape index (κ1) is 12.7. The molecule has 0 radical (unpaired) electrons. The minimum absolute atomic E-state index is 0.110. The molecule has 0 aliphatic heterocycles. The zero-order valence-corrected chi connectivity index (χ0v) is 10.2. The van der Waals surface area contributed by atoms with Crippen molar-refractivity contribution in [2.24, 2.45) is 11.7 Å². The van der Waals surface area contributed by atoms with E-state index < -0.39 is 0 Å². The van der Waals surface area contributed by atoms with Crippen LogP contribution in [-0.2, 0) is 0 Å². The fraction of sp³-hybridized carbons (Fsp3) is 0.636. The van der Waals surface area contributed by atoms with Gasteiger partial charge in [0, 0.05) is 19.2 Å². The normalized spacial score (nSPS) is 12.5. The minimum atomic E-state index is -0.110. The van der Waals surface area contributed by atoms with Crippen LogP contribution in [0.2, 0.25) is 0 Å². The lowest BCUT2D eigenvalue weighted by Crippen LogP contribution is -2.33. The van der Waals surface area contributed by atoms with Crippen LogP contribution in [0.4, 0.5) is 5.82 Å². The van der Waals surface area contributed by atoms with E-state index in [1.165, 1.54) is 6.07 Å². The van der Waals surface area contributed by atoms with Gasteiger partial charge in [-0.3, -0.25) is 4.79 Å². The lowest BCUT2D eigenvalue weighted by atomic mass is 10.1. The van der Waals surface area contributed by atoms with E-state index in [2.05, 4.69) is 21.8 Å². The fourth-order valence-corrected chi connectivity index (χ4v) is 1.56. The molecule has 1 aromatic heterocycles. The Kier molecular flexibility index (Phi) is 4.49. The third-order valence-corrected chi connectivity index (χ3v) is 2.49. The highest BCUT2D eigenvalue weighted by Crippen LogP contribution is 2.09. The van der Waals surface area contributed by atoms with Gasteiger partial charge in [-0.25, -0.2) is 4.98 Å². The van der Waals surface area contributed by atoms with Crippen molar-refractivity contribution in [3.05, 3.63) is 22.2 Å². The van der Waals surface area contributed by atoms with Crippen molar-refractivity contribution in [1.82, 2.24) is 9.97 Å². The van der Waals surface area contributed by atoms with Gasteiger partial charge in [0.1, 0.15) is 11.6 Å². The lowest BCUT2D eigenvalue weighted by Gasteiger charge is -2.24. The summed E-state index contributed by atoms with van der Waals surface area (Å²) in [5.41, 5.74) is 5.49. The Morgan fingerprint density at radius 2 is 2.31 bits per heavy atom. The number of anilines is 1. The minimum Gasteiger partial charge on any atom is -0.356 e. The maximum absolute atomic E-state index is 11.3. The number of nitrogens with zero attached hydrogens (tertiary/aromatic N) is 2. The molecule has 1 heterocycles. The van der Waals surface area contributed by atoms with Crippen LogP contribution in [0.25, 0.3) is 0 Å². The van der Waals surface area contributed by atoms with Crippen molar-refractivity contribution in [2.75, 3.05) is 24.5 Å². The quantitative estimate of drug-likeness (QED) is 0.763. The number of aromatic nitrogens is 2. The van der Waals surface area contributed by atoms with E-state index in [-0.39, 0.29) is 5.56 Å². The maximum Gasteiger partial charge on any atom is 0.252 e. The zero-order valence-electron chi connectivity index (χ0n) is 10.2. The van der Waals surface area contributed by atoms with Gasteiger partial charge in [0.25, 0.3) is 5.56 Å². The average Bonchev–Trinajstić information content (AvgIpc) is 2.24. The molecular weight excluding hydrogens is 204 g/mol. The van der Waals surface area contributed by atoms with Crippen molar-refractivity contribution < 1.29 is 0 Å². The summed E-state index contributed by atoms with van der Waals surface area (Å²) in [6.45, 7) is 8.19. The molecule has 0 amide bonds. The molecule has 0 saturated carbocycles. The third kappa shape index (κ3) is 3.34. The second kappa shape index (κ2) is 5.65. The molecule has 90 valence electrons. The first-order valence-electron chi connectivity index (χ1n) is 5.59. The average molecular weight is 224 g/mol. The van der Waals surface area contributed by atoms with Gasteiger partial charge in [0.05, 0.1) is 0 Å². The summed E-state index contributed by atoms with van der Waals surface area (Å²) in [6, 6.07) is 1.53. The van der Waals surface area contributed by atoms with E-state index in [4.69, 9.17) is 5.73 Å². The molecule has 5 heteroatoms. The summed E-state index contributed by atoms with van der Waals surface area (Å²) in [7, 11) is 0. The Labute approximate surface area is 95.7 Å². The van der Waals surface area contributed by atoms with Gasteiger partial charge in [-0.2, -0.15) is 0 Å². The number of hydrogen-bond acceptors (Lipinski definition) is 4. The zero-order chi connectivity index (χ0) is 12.1. The number of aryl methyl sites for hydroxylation is 1. The maximum atomic E-state index is 11.3. The van der Waals surface area contributed by atoms with E-state index >= 15 is 0 Å². The smallest absolute Gasteiger partial charge is 0.252 e. The molecule has 0 bridgehead atoms. The van der Waals surface area contributed by atoms with Gasteiger partial charge >= 0.3 is 0 Å². The molecule has 0 aliphatic carbocycles. The largest absolute Gasteiger partial charge is 0.356 e. The van der Waals surface area contributed by atoms with Crippen LogP contribution < -0.4 is 16.2 Å². The lowest BCUT2D eigenvalue weighted by molar-refractivity contribution is 0.572. The van der Waals surface area contributed by atoms with Crippen LogP contribution in [0.1, 0.15) is 19.7 Å². The van der Waals surface area contributed by atoms with E-state index in [0.717, 1.165) is 18.9 Å². The Morgan fingerprint density at radius 3 is 2.81 bits per heavy atom. The number of hydrogen-bond donors (Lipinski definition) is 2. The van der Waals surface area contributed by atoms with Gasteiger partial charge in [-0.05, 0) is 26.3 Å². The first-order valence-corrected chi connectivity index (χ1v) is 5.59. The standard InChI is InChI=1S/C11H20N4O/c1-4-15(7-8(2)6-12)10-5-11(16)14-9(3)13-10/h5,8H,4,6-7,12H2,1-3H3,(H,13,14,16). The molecule has 0 aromatic carbocycles. The highest BCUT2D eigenvalue weighted by atomic mass is 16.1. The van der Waals surface area contributed by atoms with Gasteiger partial charge in [0.2, 0.25) is 0 Å². The first-order chi connectivity index (χ1) is 7.56. The molecule has 16 heavy (non-hydrogen) atoms. The molecule has 0 saturated heterocycles. The molecule has 0 fully saturated rings. The van der Waals surface area contributed by atoms with Crippen LogP contribution in [0.3, 0.4) is 0 Å². The highest BCUT2D eigenvalue weighted by Gasteiger charge is 2.10. The third-order valence-electron chi connectivity index (χ3n) is 2.49. The number of nitrogens with one attached hydrogen (secondary N) is 1. The molecule has 1 rings (SSSR count). The van der Waals surface area contributed by atoms with Gasteiger partial charge in [-0.1, -0.05) is 6.92 Å². The molecule has 0 spiro atoms. The van der Waals surface area contributed by atoms with E-state index in [1.54, 1.807) is 6.92 Å². The van der Waals surface area contributed by atoms with E-state index in [9.17, 15) is 4.79 Å². The topological polar surface area (TPSA) is 75.0 Å². The number of aromatic amines is 1. The van der Waals surface area contributed by atoms with Gasteiger partial charge in [0.15, 0.2) is 0 Å². The summed E-state index contributed by atoms with van der Waals surface area (Å²) in [6.07, 6.45) is 0. The van der Waals surface area contributed by atoms with Crippen LogP contribution >= 0.6 is 0 Å². The molecule has 1 aromatic rings. The summed E-state index contributed by atoms with van der Waals surface area (Å²) < 4.78 is 0. The van der Waals surface area contributed by atoms with Crippen LogP contribution in [0.5, 0.6) is 0 Å². The summed E-state index contributed by atoms with van der Waals surface area (Å²) >= 11 is 0. The van der Waals surface area contributed by atoms with E-state index in [0.29, 0.717) is 18.3 Å². The monoisotopic (exact) mass is 224 g/mol. The molecule has 1 unspecified atom stereocenters. The predicted molar refractivity (Wildman–Crippen MR) is 65.7 cm³/mol. The van der Waals surface area contributed by atoms with Crippen molar-refractivity contribution >= 4 is 5.82 Å². The molecule has 3 N–H and O–H groups in total. The highest BCUT2D eigenvalue weighted by molar-refractivity contribution is 5.37. The van der Waals surface area contributed by atoms with Crippen molar-refractivity contribution in [3.63, 3.8) is 0 Å². The Hall–Kier alpha value is -1.36. The van der Waals surface area contributed by atoms with E-state index in [1.807, 2.05) is 6.92 Å². The van der Waals surface area contributed by atoms with Gasteiger partial charge < -0.3 is 15.6 Å². The molecular formula is C11H20N4O. The number of H-pyrrole nitrogens is 1. The second-order valence-electron chi connectivity index (χ2n) is 4.07. The summed E-state index contributed by atoms with van der Waals surface area (Å²) in [5, 5.41) is 0. The second-order valence-corrected chi connectivity index (χ2v) is 4.07.